The van der Waals surface area contributed by atoms with Gasteiger partial charge >= 0.3 is 0 Å². The molecule has 0 amide bonds. The molecule has 1 aromatic carbocycles. The number of rotatable bonds is 2. The Balaban J connectivity index is 1.84. The minimum atomic E-state index is -0.658. The highest BCUT2D eigenvalue weighted by Gasteiger charge is 2.44. The Labute approximate surface area is 118 Å². The van der Waals surface area contributed by atoms with E-state index in [1.807, 2.05) is 0 Å². The minimum Gasteiger partial charge on any atom is -0.487 e. The molecule has 3 nitrogen and oxygen atoms in total. The van der Waals surface area contributed by atoms with Gasteiger partial charge in [-0.2, -0.15) is 0 Å². The zero-order valence-corrected chi connectivity index (χ0v) is 11.8. The van der Waals surface area contributed by atoms with Crippen LogP contribution in [-0.2, 0) is 4.74 Å². The van der Waals surface area contributed by atoms with Crippen LogP contribution in [0.2, 0.25) is 0 Å². The third kappa shape index (κ3) is 2.54. The maximum atomic E-state index is 13.3. The van der Waals surface area contributed by atoms with Gasteiger partial charge in [0.2, 0.25) is 0 Å². The van der Waals surface area contributed by atoms with Gasteiger partial charge in [-0.05, 0) is 24.6 Å². The maximum Gasteiger partial charge on any atom is 0.126 e. The zero-order chi connectivity index (χ0) is 14.2. The summed E-state index contributed by atoms with van der Waals surface area (Å²) in [4.78, 5) is 0. The SMILES string of the molecule is CCCC1CC2(CCO1)CC(O)c1cc(F)ccc1O2. The molecule has 110 valence electrons. The van der Waals surface area contributed by atoms with E-state index in [2.05, 4.69) is 6.92 Å². The lowest BCUT2D eigenvalue weighted by Crippen LogP contribution is -2.48. The quantitative estimate of drug-likeness (QED) is 0.902. The number of benzene rings is 1. The van der Waals surface area contributed by atoms with E-state index in [0.717, 1.165) is 25.7 Å². The molecule has 3 unspecified atom stereocenters. The van der Waals surface area contributed by atoms with Crippen molar-refractivity contribution in [1.82, 2.24) is 0 Å². The van der Waals surface area contributed by atoms with Crippen LogP contribution in [0.5, 0.6) is 5.75 Å². The van der Waals surface area contributed by atoms with Crippen LogP contribution in [0.4, 0.5) is 4.39 Å². The van der Waals surface area contributed by atoms with Crippen LogP contribution in [0.1, 0.15) is 50.7 Å². The van der Waals surface area contributed by atoms with E-state index in [4.69, 9.17) is 9.47 Å². The molecular weight excluding hydrogens is 259 g/mol. The Hall–Kier alpha value is -1.13. The summed E-state index contributed by atoms with van der Waals surface area (Å²) in [5, 5.41) is 10.3. The standard InChI is InChI=1S/C16H21FO3/c1-2-3-12-9-16(6-7-19-12)10-14(18)13-8-11(17)4-5-15(13)20-16/h4-5,8,12,14,18H,2-3,6-7,9-10H2,1H3. The number of ether oxygens (including phenoxy) is 2. The van der Waals surface area contributed by atoms with Gasteiger partial charge in [0, 0.05) is 24.8 Å². The molecule has 4 heteroatoms. The van der Waals surface area contributed by atoms with E-state index < -0.39 is 6.10 Å². The van der Waals surface area contributed by atoms with Crippen molar-refractivity contribution in [2.45, 2.75) is 56.8 Å². The van der Waals surface area contributed by atoms with Crippen LogP contribution < -0.4 is 4.74 Å². The first-order valence-corrected chi connectivity index (χ1v) is 7.40. The molecule has 1 aromatic rings. The van der Waals surface area contributed by atoms with Gasteiger partial charge in [0.15, 0.2) is 0 Å². The highest BCUT2D eigenvalue weighted by molar-refractivity contribution is 5.38. The Morgan fingerprint density at radius 1 is 1.40 bits per heavy atom. The van der Waals surface area contributed by atoms with Crippen molar-refractivity contribution in [2.24, 2.45) is 0 Å². The summed E-state index contributed by atoms with van der Waals surface area (Å²) in [5.74, 6) is 0.278. The first-order chi connectivity index (χ1) is 9.62. The number of hydrogen-bond acceptors (Lipinski definition) is 3. The molecule has 3 atom stereocenters. The zero-order valence-electron chi connectivity index (χ0n) is 11.8. The Morgan fingerprint density at radius 2 is 2.25 bits per heavy atom. The molecule has 2 aliphatic rings. The number of aliphatic hydroxyl groups is 1. The number of halogens is 1. The lowest BCUT2D eigenvalue weighted by atomic mass is 9.80. The lowest BCUT2D eigenvalue weighted by molar-refractivity contribution is -0.118. The summed E-state index contributed by atoms with van der Waals surface area (Å²) in [6, 6.07) is 4.38. The number of aliphatic hydroxyl groups excluding tert-OH is 1. The molecule has 1 fully saturated rings. The van der Waals surface area contributed by atoms with Gasteiger partial charge in [-0.15, -0.1) is 0 Å². The van der Waals surface area contributed by atoms with Crippen LogP contribution in [0, 0.1) is 5.82 Å². The number of hydrogen-bond donors (Lipinski definition) is 1. The van der Waals surface area contributed by atoms with Crippen molar-refractivity contribution in [3.8, 4) is 5.75 Å². The molecule has 0 aliphatic carbocycles. The molecule has 0 bridgehead atoms. The van der Waals surface area contributed by atoms with Crippen LogP contribution >= 0.6 is 0 Å². The molecule has 1 spiro atoms. The fraction of sp³-hybridized carbons (Fsp3) is 0.625. The fourth-order valence-corrected chi connectivity index (χ4v) is 3.38. The van der Waals surface area contributed by atoms with Gasteiger partial charge in [-0.3, -0.25) is 0 Å². The summed E-state index contributed by atoms with van der Waals surface area (Å²) < 4.78 is 25.2. The second-order valence-electron chi connectivity index (χ2n) is 5.92. The highest BCUT2D eigenvalue weighted by atomic mass is 19.1. The van der Waals surface area contributed by atoms with Crippen molar-refractivity contribution < 1.29 is 19.0 Å². The van der Waals surface area contributed by atoms with Crippen LogP contribution in [0.15, 0.2) is 18.2 Å². The van der Waals surface area contributed by atoms with Gasteiger partial charge in [0.1, 0.15) is 17.2 Å². The monoisotopic (exact) mass is 280 g/mol. The maximum absolute atomic E-state index is 13.3. The predicted molar refractivity (Wildman–Crippen MR) is 73.2 cm³/mol. The summed E-state index contributed by atoms with van der Waals surface area (Å²) >= 11 is 0. The lowest BCUT2D eigenvalue weighted by Gasteiger charge is -2.45. The molecular formula is C16H21FO3. The Morgan fingerprint density at radius 3 is 3.05 bits per heavy atom. The highest BCUT2D eigenvalue weighted by Crippen LogP contribution is 2.45. The van der Waals surface area contributed by atoms with Crippen molar-refractivity contribution >= 4 is 0 Å². The molecule has 0 radical (unpaired) electrons. The van der Waals surface area contributed by atoms with E-state index >= 15 is 0 Å². The summed E-state index contributed by atoms with van der Waals surface area (Å²) in [5.41, 5.74) is 0.205. The molecule has 1 saturated heterocycles. The third-order valence-electron chi connectivity index (χ3n) is 4.34. The van der Waals surface area contributed by atoms with Crippen LogP contribution in [0.3, 0.4) is 0 Å². The molecule has 20 heavy (non-hydrogen) atoms. The first-order valence-electron chi connectivity index (χ1n) is 7.40. The molecule has 2 aliphatic heterocycles. The minimum absolute atomic E-state index is 0.197. The largest absolute Gasteiger partial charge is 0.487 e. The van der Waals surface area contributed by atoms with Gasteiger partial charge in [-0.25, -0.2) is 4.39 Å². The van der Waals surface area contributed by atoms with Crippen LogP contribution in [0.25, 0.3) is 0 Å². The summed E-state index contributed by atoms with van der Waals surface area (Å²) in [6.07, 6.45) is 3.73. The van der Waals surface area contributed by atoms with Crippen LogP contribution in [-0.4, -0.2) is 23.4 Å². The third-order valence-corrected chi connectivity index (χ3v) is 4.34. The Bertz CT molecular complexity index is 489. The predicted octanol–water partition coefficient (Wildman–Crippen LogP) is 3.36. The normalized spacial score (nSPS) is 32.8. The summed E-state index contributed by atoms with van der Waals surface area (Å²) in [7, 11) is 0. The van der Waals surface area contributed by atoms with Crippen molar-refractivity contribution in [3.63, 3.8) is 0 Å². The molecule has 0 aromatic heterocycles. The molecule has 2 heterocycles. The van der Waals surface area contributed by atoms with Gasteiger partial charge in [-0.1, -0.05) is 13.3 Å². The molecule has 0 saturated carbocycles. The van der Waals surface area contributed by atoms with Gasteiger partial charge < -0.3 is 14.6 Å². The number of fused-ring (bicyclic) bond motifs is 1. The first kappa shape index (κ1) is 13.8. The van der Waals surface area contributed by atoms with E-state index in [0.29, 0.717) is 24.3 Å². The summed E-state index contributed by atoms with van der Waals surface area (Å²) in [6.45, 7) is 2.80. The van der Waals surface area contributed by atoms with Crippen molar-refractivity contribution in [1.29, 1.82) is 0 Å². The van der Waals surface area contributed by atoms with Gasteiger partial charge in [0.25, 0.3) is 0 Å². The average molecular weight is 280 g/mol. The second-order valence-corrected chi connectivity index (χ2v) is 5.92. The van der Waals surface area contributed by atoms with Crippen molar-refractivity contribution in [2.75, 3.05) is 6.61 Å². The molecule has 3 rings (SSSR count). The average Bonchev–Trinajstić information content (AvgIpc) is 2.40. The second kappa shape index (κ2) is 5.34. The van der Waals surface area contributed by atoms with E-state index in [1.165, 1.54) is 12.1 Å². The van der Waals surface area contributed by atoms with E-state index in [-0.39, 0.29) is 17.5 Å². The van der Waals surface area contributed by atoms with Crippen molar-refractivity contribution in [3.05, 3.63) is 29.6 Å². The van der Waals surface area contributed by atoms with Gasteiger partial charge in [0.05, 0.1) is 18.8 Å². The van der Waals surface area contributed by atoms with E-state index in [1.54, 1.807) is 6.07 Å². The smallest absolute Gasteiger partial charge is 0.126 e. The fourth-order valence-electron chi connectivity index (χ4n) is 3.38. The van der Waals surface area contributed by atoms with E-state index in [9.17, 15) is 9.50 Å². The Kier molecular flexibility index (Phi) is 3.69. The molecule has 1 N–H and O–H groups in total. The topological polar surface area (TPSA) is 38.7 Å².